The fourth-order valence-corrected chi connectivity index (χ4v) is 4.04. The summed E-state index contributed by atoms with van der Waals surface area (Å²) in [6.07, 6.45) is 4.44. The Balaban J connectivity index is 1.27. The van der Waals surface area contributed by atoms with Crippen molar-refractivity contribution in [1.29, 1.82) is 0 Å². The first-order chi connectivity index (χ1) is 13.3. The number of anilines is 1. The number of carbonyl (C=O) groups is 1. The third-order valence-corrected chi connectivity index (χ3v) is 5.57. The minimum absolute atomic E-state index is 0.00385. The molecule has 1 saturated carbocycles. The van der Waals surface area contributed by atoms with Gasteiger partial charge >= 0.3 is 0 Å². The molecule has 136 valence electrons. The number of pyridine rings is 1. The number of hydrogen-bond acceptors (Lipinski definition) is 6. The second-order valence-corrected chi connectivity index (χ2v) is 7.48. The quantitative estimate of drug-likeness (QED) is 0.748. The number of hydrogen-bond donors (Lipinski definition) is 1. The first-order valence-electron chi connectivity index (χ1n) is 8.84. The third-order valence-electron chi connectivity index (χ3n) is 4.81. The Kier molecular flexibility index (Phi) is 4.01. The summed E-state index contributed by atoms with van der Waals surface area (Å²) >= 11 is 1.42. The Hall–Kier alpha value is -2.93. The molecule has 2 aromatic heterocycles. The number of benzene rings is 1. The van der Waals surface area contributed by atoms with Gasteiger partial charge < -0.3 is 14.8 Å². The average Bonchev–Trinajstić information content (AvgIpc) is 3.40. The summed E-state index contributed by atoms with van der Waals surface area (Å²) < 4.78 is 11.2. The fourth-order valence-electron chi connectivity index (χ4n) is 3.31. The lowest BCUT2D eigenvalue weighted by molar-refractivity contribution is -0.117. The van der Waals surface area contributed by atoms with E-state index in [0.717, 1.165) is 34.7 Å². The Bertz CT molecular complexity index is 989. The van der Waals surface area contributed by atoms with Crippen molar-refractivity contribution >= 4 is 22.4 Å². The van der Waals surface area contributed by atoms with Crippen LogP contribution in [-0.4, -0.2) is 29.1 Å². The van der Waals surface area contributed by atoms with E-state index in [2.05, 4.69) is 15.3 Å². The number of nitrogens with one attached hydrogen (secondary N) is 1. The number of aromatic nitrogens is 2. The summed E-state index contributed by atoms with van der Waals surface area (Å²) in [5.74, 6) is 1.76. The lowest BCUT2D eigenvalue weighted by Crippen LogP contribution is -2.15. The molecule has 1 aliphatic heterocycles. The van der Waals surface area contributed by atoms with Gasteiger partial charge in [0.1, 0.15) is 13.2 Å². The van der Waals surface area contributed by atoms with Gasteiger partial charge in [0.15, 0.2) is 16.6 Å². The molecule has 1 aromatic carbocycles. The van der Waals surface area contributed by atoms with Gasteiger partial charge in [0, 0.05) is 29.3 Å². The van der Waals surface area contributed by atoms with E-state index in [1.165, 1.54) is 11.3 Å². The molecule has 1 N–H and O–H groups in total. The van der Waals surface area contributed by atoms with Crippen LogP contribution in [0.1, 0.15) is 17.9 Å². The Labute approximate surface area is 160 Å². The molecule has 2 unspecified atom stereocenters. The van der Waals surface area contributed by atoms with Gasteiger partial charge in [-0.2, -0.15) is 0 Å². The normalized spacial score (nSPS) is 20.1. The zero-order valence-corrected chi connectivity index (χ0v) is 15.2. The van der Waals surface area contributed by atoms with Crippen LogP contribution < -0.4 is 14.8 Å². The number of ether oxygens (including phenoxy) is 2. The maximum Gasteiger partial charge on any atom is 0.229 e. The van der Waals surface area contributed by atoms with Gasteiger partial charge in [-0.25, -0.2) is 4.98 Å². The van der Waals surface area contributed by atoms with Gasteiger partial charge in [-0.15, -0.1) is 11.3 Å². The summed E-state index contributed by atoms with van der Waals surface area (Å²) in [5.41, 5.74) is 2.87. The van der Waals surface area contributed by atoms with Gasteiger partial charge in [-0.1, -0.05) is 6.07 Å². The molecule has 27 heavy (non-hydrogen) atoms. The van der Waals surface area contributed by atoms with Crippen LogP contribution >= 0.6 is 11.3 Å². The molecule has 1 amide bonds. The largest absolute Gasteiger partial charge is 0.486 e. The first-order valence-corrected chi connectivity index (χ1v) is 9.72. The fraction of sp³-hybridized carbons (Fsp3) is 0.250. The SMILES string of the molecule is O=C(Nc1nc(-c2ccc3c(c2)OCCO3)cs1)C1CC1c1cccnc1. The Morgan fingerprint density at radius 3 is 2.93 bits per heavy atom. The van der Waals surface area contributed by atoms with E-state index in [-0.39, 0.29) is 17.7 Å². The van der Waals surface area contributed by atoms with E-state index in [4.69, 9.17) is 9.47 Å². The highest BCUT2D eigenvalue weighted by molar-refractivity contribution is 7.14. The van der Waals surface area contributed by atoms with Crippen molar-refractivity contribution in [3.63, 3.8) is 0 Å². The van der Waals surface area contributed by atoms with Crippen LogP contribution in [0.3, 0.4) is 0 Å². The van der Waals surface area contributed by atoms with E-state index in [9.17, 15) is 4.79 Å². The van der Waals surface area contributed by atoms with E-state index >= 15 is 0 Å². The number of amides is 1. The van der Waals surface area contributed by atoms with E-state index in [1.807, 2.05) is 41.9 Å². The van der Waals surface area contributed by atoms with Crippen LogP contribution in [0.2, 0.25) is 0 Å². The van der Waals surface area contributed by atoms with Crippen LogP contribution in [0.25, 0.3) is 11.3 Å². The highest BCUT2D eigenvalue weighted by Crippen LogP contribution is 2.47. The second-order valence-electron chi connectivity index (χ2n) is 6.62. The number of rotatable bonds is 4. The van der Waals surface area contributed by atoms with Crippen LogP contribution in [0.4, 0.5) is 5.13 Å². The van der Waals surface area contributed by atoms with Gasteiger partial charge in [0.05, 0.1) is 5.69 Å². The summed E-state index contributed by atoms with van der Waals surface area (Å²) in [7, 11) is 0. The lowest BCUT2D eigenvalue weighted by atomic mass is 10.1. The predicted molar refractivity (Wildman–Crippen MR) is 102 cm³/mol. The minimum atomic E-state index is -0.00385. The van der Waals surface area contributed by atoms with Crippen molar-refractivity contribution in [3.8, 4) is 22.8 Å². The topological polar surface area (TPSA) is 73.3 Å². The van der Waals surface area contributed by atoms with Crippen LogP contribution in [0, 0.1) is 5.92 Å². The third kappa shape index (κ3) is 3.26. The Morgan fingerprint density at radius 1 is 1.19 bits per heavy atom. The average molecular weight is 379 g/mol. The number of carbonyl (C=O) groups excluding carboxylic acids is 1. The van der Waals surface area contributed by atoms with Crippen molar-refractivity contribution in [3.05, 3.63) is 53.7 Å². The molecule has 7 heteroatoms. The molecular weight excluding hydrogens is 362 g/mol. The zero-order valence-electron chi connectivity index (χ0n) is 14.4. The van der Waals surface area contributed by atoms with Crippen molar-refractivity contribution in [2.45, 2.75) is 12.3 Å². The van der Waals surface area contributed by atoms with Crippen molar-refractivity contribution in [2.75, 3.05) is 18.5 Å². The molecule has 0 bridgehead atoms. The zero-order chi connectivity index (χ0) is 18.2. The summed E-state index contributed by atoms with van der Waals surface area (Å²) in [6.45, 7) is 1.12. The van der Waals surface area contributed by atoms with Crippen LogP contribution in [-0.2, 0) is 4.79 Å². The number of fused-ring (bicyclic) bond motifs is 1. The molecule has 2 atom stereocenters. The monoisotopic (exact) mass is 379 g/mol. The van der Waals surface area contributed by atoms with Gasteiger partial charge in [-0.3, -0.25) is 9.78 Å². The van der Waals surface area contributed by atoms with E-state index in [1.54, 1.807) is 6.20 Å². The molecule has 1 fully saturated rings. The smallest absolute Gasteiger partial charge is 0.229 e. The molecule has 3 aromatic rings. The lowest BCUT2D eigenvalue weighted by Gasteiger charge is -2.18. The summed E-state index contributed by atoms with van der Waals surface area (Å²) in [4.78, 5) is 21.2. The summed E-state index contributed by atoms with van der Waals surface area (Å²) in [5, 5.41) is 5.50. The van der Waals surface area contributed by atoms with E-state index in [0.29, 0.717) is 18.3 Å². The highest BCUT2D eigenvalue weighted by Gasteiger charge is 2.44. The van der Waals surface area contributed by atoms with Crippen LogP contribution in [0.5, 0.6) is 11.5 Å². The van der Waals surface area contributed by atoms with Crippen molar-refractivity contribution < 1.29 is 14.3 Å². The molecule has 2 aliphatic rings. The highest BCUT2D eigenvalue weighted by atomic mass is 32.1. The molecule has 6 nitrogen and oxygen atoms in total. The van der Waals surface area contributed by atoms with Crippen molar-refractivity contribution in [2.24, 2.45) is 5.92 Å². The van der Waals surface area contributed by atoms with Crippen molar-refractivity contribution in [1.82, 2.24) is 9.97 Å². The first kappa shape index (κ1) is 16.3. The van der Waals surface area contributed by atoms with Gasteiger partial charge in [-0.05, 0) is 42.2 Å². The maximum absolute atomic E-state index is 12.5. The molecule has 1 aliphatic carbocycles. The molecule has 3 heterocycles. The minimum Gasteiger partial charge on any atom is -0.486 e. The van der Waals surface area contributed by atoms with Gasteiger partial charge in [0.2, 0.25) is 5.91 Å². The maximum atomic E-state index is 12.5. The molecule has 0 radical (unpaired) electrons. The van der Waals surface area contributed by atoms with Crippen LogP contribution in [0.15, 0.2) is 48.1 Å². The predicted octanol–water partition coefficient (Wildman–Crippen LogP) is 3.72. The van der Waals surface area contributed by atoms with Gasteiger partial charge in [0.25, 0.3) is 0 Å². The Morgan fingerprint density at radius 2 is 2.07 bits per heavy atom. The molecule has 5 rings (SSSR count). The molecule has 0 saturated heterocycles. The standard InChI is InChI=1S/C20H17N3O3S/c24-19(15-9-14(15)13-2-1-5-21-10-13)23-20-22-16(11-27-20)12-3-4-17-18(8-12)26-7-6-25-17/h1-5,8,10-11,14-15H,6-7,9H2,(H,22,23,24). The number of nitrogens with zero attached hydrogens (tertiary/aromatic N) is 2. The second kappa shape index (κ2) is 6.66. The molecule has 0 spiro atoms. The summed E-state index contributed by atoms with van der Waals surface area (Å²) in [6, 6.07) is 9.70. The number of thiazole rings is 1. The molecular formula is C20H17N3O3S. The van der Waals surface area contributed by atoms with E-state index < -0.39 is 0 Å².